The Morgan fingerprint density at radius 2 is 2.20 bits per heavy atom. The number of nitro groups is 1. The van der Waals surface area contributed by atoms with Gasteiger partial charge in [0.05, 0.1) is 4.92 Å². The zero-order valence-corrected chi connectivity index (χ0v) is 12.3. The molecule has 6 nitrogen and oxygen atoms in total. The zero-order chi connectivity index (χ0) is 14.5. The Labute approximate surface area is 124 Å². The molecule has 1 heterocycles. The van der Waals surface area contributed by atoms with Crippen molar-refractivity contribution >= 4 is 27.4 Å². The summed E-state index contributed by atoms with van der Waals surface area (Å²) in [4.78, 5) is 14.6. The first kappa shape index (κ1) is 14.3. The summed E-state index contributed by atoms with van der Waals surface area (Å²) in [5.41, 5.74) is 0.809. The maximum atomic E-state index is 11.0. The highest BCUT2D eigenvalue weighted by Gasteiger charge is 2.15. The van der Waals surface area contributed by atoms with Gasteiger partial charge in [0.1, 0.15) is 12.4 Å². The van der Waals surface area contributed by atoms with Crippen LogP contribution in [0.15, 0.2) is 41.0 Å². The van der Waals surface area contributed by atoms with Crippen LogP contribution < -0.4 is 10.1 Å². The summed E-state index contributed by atoms with van der Waals surface area (Å²) in [6, 6.07) is 8.31. The van der Waals surface area contributed by atoms with E-state index in [9.17, 15) is 10.1 Å². The average Bonchev–Trinajstić information content (AvgIpc) is 2.46. The summed E-state index contributed by atoms with van der Waals surface area (Å²) in [5, 5.41) is 13.9. The molecule has 2 aromatic rings. The first-order chi connectivity index (χ1) is 9.60. The number of pyridine rings is 1. The minimum atomic E-state index is -0.467. The molecular weight excluding hydrogens is 326 g/mol. The largest absolute Gasteiger partial charge is 0.482 e. The van der Waals surface area contributed by atoms with Gasteiger partial charge in [-0.3, -0.25) is 10.1 Å². The molecule has 0 spiro atoms. The van der Waals surface area contributed by atoms with E-state index in [1.807, 2.05) is 6.07 Å². The fraction of sp³-hybridized carbons (Fsp3) is 0.154. The van der Waals surface area contributed by atoms with Crippen LogP contribution in [0.1, 0.15) is 5.56 Å². The molecule has 0 amide bonds. The molecule has 0 saturated heterocycles. The van der Waals surface area contributed by atoms with E-state index in [0.29, 0.717) is 4.47 Å². The van der Waals surface area contributed by atoms with Crippen LogP contribution in [-0.2, 0) is 6.61 Å². The molecule has 20 heavy (non-hydrogen) atoms. The van der Waals surface area contributed by atoms with Gasteiger partial charge in [0.25, 0.3) is 0 Å². The van der Waals surface area contributed by atoms with Crippen molar-refractivity contribution in [2.45, 2.75) is 6.61 Å². The van der Waals surface area contributed by atoms with Crippen LogP contribution in [0.5, 0.6) is 5.75 Å². The van der Waals surface area contributed by atoms with Crippen LogP contribution in [-0.4, -0.2) is 17.0 Å². The van der Waals surface area contributed by atoms with Gasteiger partial charge in [0.2, 0.25) is 0 Å². The third kappa shape index (κ3) is 3.45. The van der Waals surface area contributed by atoms with Gasteiger partial charge in [0.15, 0.2) is 5.75 Å². The average molecular weight is 338 g/mol. The summed E-state index contributed by atoms with van der Waals surface area (Å²) >= 11 is 3.20. The van der Waals surface area contributed by atoms with Crippen LogP contribution >= 0.6 is 15.9 Å². The van der Waals surface area contributed by atoms with Crippen molar-refractivity contribution in [3.05, 3.63) is 56.7 Å². The van der Waals surface area contributed by atoms with Crippen molar-refractivity contribution in [1.82, 2.24) is 4.98 Å². The molecule has 0 atom stereocenters. The Bertz CT molecular complexity index is 634. The van der Waals surface area contributed by atoms with E-state index in [-0.39, 0.29) is 18.0 Å². The first-order valence-corrected chi connectivity index (χ1v) is 6.59. The highest BCUT2D eigenvalue weighted by atomic mass is 79.9. The van der Waals surface area contributed by atoms with Crippen molar-refractivity contribution in [2.75, 3.05) is 12.4 Å². The number of benzene rings is 1. The second-order valence-electron chi connectivity index (χ2n) is 3.96. The van der Waals surface area contributed by atoms with Crippen LogP contribution in [0.3, 0.4) is 0 Å². The topological polar surface area (TPSA) is 77.3 Å². The monoisotopic (exact) mass is 337 g/mol. The van der Waals surface area contributed by atoms with Crippen LogP contribution in [0.2, 0.25) is 0 Å². The lowest BCUT2D eigenvalue weighted by Gasteiger charge is -2.08. The highest BCUT2D eigenvalue weighted by molar-refractivity contribution is 9.10. The number of halogens is 1. The third-order valence-corrected chi connectivity index (χ3v) is 3.09. The van der Waals surface area contributed by atoms with E-state index in [1.165, 1.54) is 6.07 Å². The molecule has 0 aliphatic rings. The summed E-state index contributed by atoms with van der Waals surface area (Å²) in [6.07, 6.45) is 1.65. The summed E-state index contributed by atoms with van der Waals surface area (Å²) in [5.74, 6) is 0.956. The lowest BCUT2D eigenvalue weighted by Crippen LogP contribution is -2.00. The van der Waals surface area contributed by atoms with E-state index >= 15 is 0 Å². The maximum Gasteiger partial charge on any atom is 0.312 e. The van der Waals surface area contributed by atoms with Crippen molar-refractivity contribution in [2.24, 2.45) is 0 Å². The summed E-state index contributed by atoms with van der Waals surface area (Å²) in [7, 11) is 1.77. The fourth-order valence-corrected chi connectivity index (χ4v) is 1.97. The number of ether oxygens (including phenoxy) is 1. The minimum absolute atomic E-state index is 0.0673. The Balaban J connectivity index is 2.16. The minimum Gasteiger partial charge on any atom is -0.482 e. The van der Waals surface area contributed by atoms with Gasteiger partial charge in [-0.1, -0.05) is 15.9 Å². The van der Waals surface area contributed by atoms with E-state index in [2.05, 4.69) is 26.2 Å². The Morgan fingerprint density at radius 3 is 2.90 bits per heavy atom. The first-order valence-electron chi connectivity index (χ1n) is 5.79. The molecule has 1 aromatic carbocycles. The number of aromatic nitrogens is 1. The number of anilines is 1. The Kier molecular flexibility index (Phi) is 4.52. The summed E-state index contributed by atoms with van der Waals surface area (Å²) in [6.45, 7) is 0.236. The number of hydrogen-bond donors (Lipinski definition) is 1. The highest BCUT2D eigenvalue weighted by Crippen LogP contribution is 2.30. The molecule has 0 saturated carbocycles. The number of rotatable bonds is 5. The molecule has 0 aliphatic heterocycles. The van der Waals surface area contributed by atoms with Crippen LogP contribution in [0.25, 0.3) is 0 Å². The lowest BCUT2D eigenvalue weighted by molar-refractivity contribution is -0.386. The van der Waals surface area contributed by atoms with Crippen LogP contribution in [0.4, 0.5) is 11.5 Å². The number of nitro benzene ring substituents is 1. The van der Waals surface area contributed by atoms with Gasteiger partial charge in [-0.15, -0.1) is 0 Å². The normalized spacial score (nSPS) is 10.1. The molecule has 1 N–H and O–H groups in total. The SMILES string of the molecule is CNc1cc(COc2ccc(Br)cc2[N+](=O)[O-])ccn1. The number of nitrogens with zero attached hydrogens (tertiary/aromatic N) is 2. The van der Waals surface area contributed by atoms with Gasteiger partial charge < -0.3 is 10.1 Å². The molecule has 0 aliphatic carbocycles. The molecule has 0 fully saturated rings. The lowest BCUT2D eigenvalue weighted by atomic mass is 10.2. The molecule has 2 rings (SSSR count). The smallest absolute Gasteiger partial charge is 0.312 e. The molecule has 1 aromatic heterocycles. The third-order valence-electron chi connectivity index (χ3n) is 2.59. The maximum absolute atomic E-state index is 11.0. The second-order valence-corrected chi connectivity index (χ2v) is 4.87. The predicted molar refractivity (Wildman–Crippen MR) is 78.9 cm³/mol. The Morgan fingerprint density at radius 1 is 1.40 bits per heavy atom. The molecule has 0 bridgehead atoms. The van der Waals surface area contributed by atoms with Gasteiger partial charge in [-0.05, 0) is 29.8 Å². The van der Waals surface area contributed by atoms with Crippen molar-refractivity contribution in [1.29, 1.82) is 0 Å². The van der Waals surface area contributed by atoms with Gasteiger partial charge in [0, 0.05) is 23.8 Å². The van der Waals surface area contributed by atoms with Gasteiger partial charge in [-0.2, -0.15) is 0 Å². The molecular formula is C13H12BrN3O3. The van der Waals surface area contributed by atoms with Crippen molar-refractivity contribution in [3.8, 4) is 5.75 Å². The molecule has 0 unspecified atom stereocenters. The number of nitrogens with one attached hydrogen (secondary N) is 1. The molecule has 0 radical (unpaired) electrons. The van der Waals surface area contributed by atoms with Gasteiger partial charge in [-0.25, -0.2) is 4.98 Å². The second kappa shape index (κ2) is 6.33. The van der Waals surface area contributed by atoms with E-state index < -0.39 is 4.92 Å². The predicted octanol–water partition coefficient (Wildman–Crippen LogP) is 3.37. The van der Waals surface area contributed by atoms with Crippen LogP contribution in [0, 0.1) is 10.1 Å². The van der Waals surface area contributed by atoms with E-state index in [0.717, 1.165) is 11.4 Å². The summed E-state index contributed by atoms with van der Waals surface area (Å²) < 4.78 is 6.16. The quantitative estimate of drug-likeness (QED) is 0.668. The fourth-order valence-electron chi connectivity index (χ4n) is 1.62. The van der Waals surface area contributed by atoms with E-state index in [1.54, 1.807) is 31.4 Å². The van der Waals surface area contributed by atoms with Crippen molar-refractivity contribution in [3.63, 3.8) is 0 Å². The standard InChI is InChI=1S/C13H12BrN3O3/c1-15-13-6-9(4-5-16-13)8-20-12-3-2-10(14)7-11(12)17(18)19/h2-7H,8H2,1H3,(H,15,16). The van der Waals surface area contributed by atoms with E-state index in [4.69, 9.17) is 4.74 Å². The Hall–Kier alpha value is -2.15. The zero-order valence-electron chi connectivity index (χ0n) is 10.7. The number of hydrogen-bond acceptors (Lipinski definition) is 5. The van der Waals surface area contributed by atoms with Gasteiger partial charge >= 0.3 is 5.69 Å². The molecule has 104 valence electrons. The molecule has 7 heteroatoms. The van der Waals surface area contributed by atoms with Crippen molar-refractivity contribution < 1.29 is 9.66 Å².